The molecule has 114 valence electrons. The first kappa shape index (κ1) is 14.2. The highest BCUT2D eigenvalue weighted by Crippen LogP contribution is 2.23. The molecule has 1 aromatic heterocycles. The molecule has 0 N–H and O–H groups in total. The van der Waals surface area contributed by atoms with Crippen LogP contribution in [0.5, 0.6) is 0 Å². The Balaban J connectivity index is 1.83. The lowest BCUT2D eigenvalue weighted by Crippen LogP contribution is -2.43. The SMILES string of the molecule is COC(=O)c1cnc(N2C[C@H]3COC[C@@H]2CN(C)C3)cn1. The van der Waals surface area contributed by atoms with Crippen molar-refractivity contribution < 1.29 is 14.3 Å². The Kier molecular flexibility index (Phi) is 4.03. The zero-order valence-corrected chi connectivity index (χ0v) is 12.4. The quantitative estimate of drug-likeness (QED) is 0.712. The van der Waals surface area contributed by atoms with E-state index in [1.54, 1.807) is 6.20 Å². The van der Waals surface area contributed by atoms with Crippen molar-refractivity contribution in [2.75, 3.05) is 51.9 Å². The molecule has 1 aromatic rings. The number of aromatic nitrogens is 2. The van der Waals surface area contributed by atoms with E-state index in [4.69, 9.17) is 4.74 Å². The van der Waals surface area contributed by atoms with Crippen molar-refractivity contribution >= 4 is 11.8 Å². The summed E-state index contributed by atoms with van der Waals surface area (Å²) in [5, 5.41) is 0. The smallest absolute Gasteiger partial charge is 0.358 e. The van der Waals surface area contributed by atoms with Gasteiger partial charge in [-0.2, -0.15) is 0 Å². The van der Waals surface area contributed by atoms with Gasteiger partial charge in [-0.3, -0.25) is 0 Å². The molecule has 2 aliphatic rings. The van der Waals surface area contributed by atoms with Crippen LogP contribution in [0.4, 0.5) is 5.82 Å². The van der Waals surface area contributed by atoms with Gasteiger partial charge in [-0.25, -0.2) is 14.8 Å². The molecule has 0 aliphatic carbocycles. The summed E-state index contributed by atoms with van der Waals surface area (Å²) in [6.07, 6.45) is 3.12. The Morgan fingerprint density at radius 1 is 1.29 bits per heavy atom. The van der Waals surface area contributed by atoms with Crippen LogP contribution < -0.4 is 4.90 Å². The summed E-state index contributed by atoms with van der Waals surface area (Å²) in [7, 11) is 3.48. The van der Waals surface area contributed by atoms with Crippen molar-refractivity contribution in [2.24, 2.45) is 5.92 Å². The first-order valence-electron chi connectivity index (χ1n) is 7.10. The molecule has 7 nitrogen and oxygen atoms in total. The van der Waals surface area contributed by atoms with Crippen LogP contribution in [-0.4, -0.2) is 73.9 Å². The first-order valence-corrected chi connectivity index (χ1v) is 7.10. The van der Waals surface area contributed by atoms with Gasteiger partial charge in [0, 0.05) is 25.6 Å². The minimum Gasteiger partial charge on any atom is -0.464 e. The van der Waals surface area contributed by atoms with Gasteiger partial charge < -0.3 is 19.3 Å². The van der Waals surface area contributed by atoms with Crippen LogP contribution in [0, 0.1) is 5.92 Å². The molecular weight excluding hydrogens is 272 g/mol. The number of carbonyl (C=O) groups is 1. The largest absolute Gasteiger partial charge is 0.464 e. The third-order valence-corrected chi connectivity index (χ3v) is 3.98. The summed E-state index contributed by atoms with van der Waals surface area (Å²) >= 11 is 0. The number of esters is 1. The van der Waals surface area contributed by atoms with Gasteiger partial charge in [0.1, 0.15) is 5.82 Å². The number of methoxy groups -OCH3 is 1. The number of hydrogen-bond donors (Lipinski definition) is 0. The van der Waals surface area contributed by atoms with Gasteiger partial charge in [0.25, 0.3) is 0 Å². The standard InChI is InChI=1S/C14H20N4O3/c1-17-5-10-6-18(11(7-17)9-21-8-10)13-4-15-12(3-16-13)14(19)20-2/h3-4,10-11H,5-9H2,1-2H3/t10-,11-/m0/s1. The highest BCUT2D eigenvalue weighted by molar-refractivity contribution is 5.86. The minimum atomic E-state index is -0.466. The van der Waals surface area contributed by atoms with Gasteiger partial charge in [0.2, 0.25) is 0 Å². The maximum absolute atomic E-state index is 11.4. The number of ether oxygens (including phenoxy) is 2. The van der Waals surface area contributed by atoms with Crippen LogP contribution in [0.3, 0.4) is 0 Å². The molecular formula is C14H20N4O3. The van der Waals surface area contributed by atoms with Gasteiger partial charge >= 0.3 is 5.97 Å². The Labute approximate surface area is 123 Å². The second kappa shape index (κ2) is 5.95. The third-order valence-electron chi connectivity index (χ3n) is 3.98. The molecule has 2 atom stereocenters. The van der Waals surface area contributed by atoms with Crippen molar-refractivity contribution in [3.8, 4) is 0 Å². The van der Waals surface area contributed by atoms with Crippen molar-refractivity contribution in [3.63, 3.8) is 0 Å². The first-order chi connectivity index (χ1) is 10.2. The predicted molar refractivity (Wildman–Crippen MR) is 76.3 cm³/mol. The molecule has 2 fully saturated rings. The Morgan fingerprint density at radius 3 is 2.86 bits per heavy atom. The van der Waals surface area contributed by atoms with Crippen LogP contribution in [0.1, 0.15) is 10.5 Å². The van der Waals surface area contributed by atoms with E-state index < -0.39 is 5.97 Å². The Morgan fingerprint density at radius 2 is 2.14 bits per heavy atom. The molecule has 0 radical (unpaired) electrons. The van der Waals surface area contributed by atoms with Crippen LogP contribution in [-0.2, 0) is 9.47 Å². The second-order valence-electron chi connectivity index (χ2n) is 5.68. The van der Waals surface area contributed by atoms with E-state index in [2.05, 4.69) is 31.6 Å². The summed E-state index contributed by atoms with van der Waals surface area (Å²) < 4.78 is 10.4. The topological polar surface area (TPSA) is 67.8 Å². The zero-order valence-electron chi connectivity index (χ0n) is 12.4. The molecule has 0 amide bonds. The fourth-order valence-corrected chi connectivity index (χ4v) is 3.04. The second-order valence-corrected chi connectivity index (χ2v) is 5.68. The number of hydrogen-bond acceptors (Lipinski definition) is 7. The maximum Gasteiger partial charge on any atom is 0.358 e. The van der Waals surface area contributed by atoms with Crippen molar-refractivity contribution in [3.05, 3.63) is 18.1 Å². The molecule has 2 bridgehead atoms. The zero-order chi connectivity index (χ0) is 14.8. The van der Waals surface area contributed by atoms with Crippen LogP contribution in [0.25, 0.3) is 0 Å². The number of carbonyl (C=O) groups excluding carboxylic acids is 1. The van der Waals surface area contributed by atoms with E-state index in [1.807, 2.05) is 0 Å². The summed E-state index contributed by atoms with van der Waals surface area (Å²) in [6.45, 7) is 4.35. The average molecular weight is 292 g/mol. The Bertz CT molecular complexity index is 507. The fourth-order valence-electron chi connectivity index (χ4n) is 3.04. The molecule has 7 heteroatoms. The van der Waals surface area contributed by atoms with E-state index in [0.717, 1.165) is 32.1 Å². The average Bonchev–Trinajstić information content (AvgIpc) is 2.76. The highest BCUT2D eigenvalue weighted by Gasteiger charge is 2.32. The number of likely N-dealkylation sites (N-methyl/N-ethyl adjacent to an activating group) is 1. The lowest BCUT2D eigenvalue weighted by atomic mass is 10.1. The summed E-state index contributed by atoms with van der Waals surface area (Å²) in [5.74, 6) is 0.787. The summed E-state index contributed by atoms with van der Waals surface area (Å²) in [6, 6.07) is 0.265. The lowest BCUT2D eigenvalue weighted by Gasteiger charge is -2.30. The van der Waals surface area contributed by atoms with Gasteiger partial charge in [-0.15, -0.1) is 0 Å². The van der Waals surface area contributed by atoms with E-state index in [1.165, 1.54) is 13.3 Å². The third kappa shape index (κ3) is 2.98. The normalized spacial score (nSPS) is 26.3. The molecule has 0 unspecified atom stereocenters. The van der Waals surface area contributed by atoms with Gasteiger partial charge in [-0.1, -0.05) is 0 Å². The molecule has 3 rings (SSSR count). The predicted octanol–water partition coefficient (Wildman–Crippen LogP) is 0.0300. The Hall–Kier alpha value is -1.73. The molecule has 0 aromatic carbocycles. The summed E-state index contributed by atoms with van der Waals surface area (Å²) in [5.41, 5.74) is 0.229. The van der Waals surface area contributed by atoms with Gasteiger partial charge in [0.05, 0.1) is 38.8 Å². The molecule has 2 aliphatic heterocycles. The number of nitrogens with zero attached hydrogens (tertiary/aromatic N) is 4. The maximum atomic E-state index is 11.4. The molecule has 0 spiro atoms. The molecule has 0 saturated carbocycles. The van der Waals surface area contributed by atoms with Crippen LogP contribution in [0.2, 0.25) is 0 Å². The number of anilines is 1. The molecule has 3 heterocycles. The molecule has 2 saturated heterocycles. The summed E-state index contributed by atoms with van der Waals surface area (Å²) in [4.78, 5) is 24.5. The van der Waals surface area contributed by atoms with Crippen LogP contribution in [0.15, 0.2) is 12.4 Å². The minimum absolute atomic E-state index is 0.229. The van der Waals surface area contributed by atoms with E-state index in [0.29, 0.717) is 12.5 Å². The van der Waals surface area contributed by atoms with Crippen molar-refractivity contribution in [1.82, 2.24) is 14.9 Å². The number of rotatable bonds is 2. The van der Waals surface area contributed by atoms with Crippen LogP contribution >= 0.6 is 0 Å². The fraction of sp³-hybridized carbons (Fsp3) is 0.643. The van der Waals surface area contributed by atoms with E-state index in [-0.39, 0.29) is 11.7 Å². The monoisotopic (exact) mass is 292 g/mol. The number of fused-ring (bicyclic) bond motifs is 3. The van der Waals surface area contributed by atoms with E-state index >= 15 is 0 Å². The highest BCUT2D eigenvalue weighted by atomic mass is 16.5. The van der Waals surface area contributed by atoms with Crippen molar-refractivity contribution in [1.29, 1.82) is 0 Å². The van der Waals surface area contributed by atoms with Gasteiger partial charge in [-0.05, 0) is 7.05 Å². The van der Waals surface area contributed by atoms with Crippen molar-refractivity contribution in [2.45, 2.75) is 6.04 Å². The van der Waals surface area contributed by atoms with Gasteiger partial charge in [0.15, 0.2) is 5.69 Å². The van der Waals surface area contributed by atoms with E-state index in [9.17, 15) is 4.79 Å². The molecule has 21 heavy (non-hydrogen) atoms. The lowest BCUT2D eigenvalue weighted by molar-refractivity contribution is 0.0593.